The van der Waals surface area contributed by atoms with Gasteiger partial charge in [0, 0.05) is 20.3 Å². The van der Waals surface area contributed by atoms with E-state index in [-0.39, 0.29) is 5.84 Å². The SMILES string of the molecule is CN(C)c1nnc(Sc2nccc(/C(N)=N/O)n2)s1. The number of nitrogens with zero attached hydrogens (tertiary/aromatic N) is 6. The van der Waals surface area contributed by atoms with E-state index in [1.165, 1.54) is 29.3 Å². The molecule has 10 heteroatoms. The van der Waals surface area contributed by atoms with Gasteiger partial charge in [0.05, 0.1) is 0 Å². The van der Waals surface area contributed by atoms with Crippen molar-refractivity contribution in [2.24, 2.45) is 10.9 Å². The summed E-state index contributed by atoms with van der Waals surface area (Å²) in [7, 11) is 3.79. The maximum absolute atomic E-state index is 8.60. The van der Waals surface area contributed by atoms with Crippen molar-refractivity contribution in [1.82, 2.24) is 20.2 Å². The summed E-state index contributed by atoms with van der Waals surface area (Å²) in [6, 6.07) is 1.56. The lowest BCUT2D eigenvalue weighted by molar-refractivity contribution is 0.318. The lowest BCUT2D eigenvalue weighted by Gasteiger charge is -2.03. The number of rotatable bonds is 4. The predicted octanol–water partition coefficient (Wildman–Crippen LogP) is 0.640. The molecule has 0 saturated carbocycles. The highest BCUT2D eigenvalue weighted by atomic mass is 32.2. The van der Waals surface area contributed by atoms with E-state index in [1.54, 1.807) is 6.07 Å². The summed E-state index contributed by atoms with van der Waals surface area (Å²) < 4.78 is 0.723. The predicted molar refractivity (Wildman–Crippen MR) is 72.9 cm³/mol. The summed E-state index contributed by atoms with van der Waals surface area (Å²) in [4.78, 5) is 10.1. The van der Waals surface area contributed by atoms with Gasteiger partial charge >= 0.3 is 0 Å². The first-order valence-electron chi connectivity index (χ1n) is 5.10. The number of aromatic nitrogens is 4. The minimum atomic E-state index is -0.0597. The standard InChI is InChI=1S/C9H11N7OS2/c1-16(2)8-13-14-9(19-8)18-7-11-4-3-5(12-7)6(10)15-17/h3-4,17H,1-2H3,(H2,10,15). The Labute approximate surface area is 117 Å². The van der Waals surface area contributed by atoms with Crippen molar-refractivity contribution in [2.45, 2.75) is 9.50 Å². The molecule has 0 unspecified atom stereocenters. The van der Waals surface area contributed by atoms with E-state index in [0.29, 0.717) is 10.9 Å². The molecule has 0 spiro atoms. The van der Waals surface area contributed by atoms with Crippen molar-refractivity contribution in [3.63, 3.8) is 0 Å². The van der Waals surface area contributed by atoms with E-state index in [1.807, 2.05) is 19.0 Å². The van der Waals surface area contributed by atoms with Gasteiger partial charge in [0.15, 0.2) is 15.3 Å². The van der Waals surface area contributed by atoms with E-state index in [0.717, 1.165) is 9.47 Å². The third-order valence-corrected chi connectivity index (χ3v) is 3.98. The van der Waals surface area contributed by atoms with Crippen molar-refractivity contribution in [3.8, 4) is 0 Å². The summed E-state index contributed by atoms with van der Waals surface area (Å²) in [5.41, 5.74) is 5.83. The normalized spacial score (nSPS) is 11.6. The summed E-state index contributed by atoms with van der Waals surface area (Å²) >= 11 is 2.70. The van der Waals surface area contributed by atoms with Crippen LogP contribution in [-0.4, -0.2) is 45.3 Å². The second-order valence-corrected chi connectivity index (χ2v) is 5.73. The van der Waals surface area contributed by atoms with Crippen molar-refractivity contribution in [2.75, 3.05) is 19.0 Å². The first kappa shape index (κ1) is 13.5. The van der Waals surface area contributed by atoms with Gasteiger partial charge in [-0.25, -0.2) is 9.97 Å². The molecule has 0 aliphatic rings. The fraction of sp³-hybridized carbons (Fsp3) is 0.222. The van der Waals surface area contributed by atoms with Crippen LogP contribution in [0.15, 0.2) is 26.9 Å². The fourth-order valence-electron chi connectivity index (χ4n) is 1.09. The number of oxime groups is 1. The lowest BCUT2D eigenvalue weighted by atomic mass is 10.4. The van der Waals surface area contributed by atoms with Crippen LogP contribution >= 0.6 is 23.1 Å². The van der Waals surface area contributed by atoms with Crippen molar-refractivity contribution >= 4 is 34.1 Å². The average molecular weight is 297 g/mol. The molecular formula is C9H11N7OS2. The number of hydrogen-bond donors (Lipinski definition) is 2. The van der Waals surface area contributed by atoms with Gasteiger partial charge in [0.1, 0.15) is 5.69 Å². The Morgan fingerprint density at radius 3 is 2.89 bits per heavy atom. The Bertz CT molecular complexity index is 598. The zero-order chi connectivity index (χ0) is 13.8. The largest absolute Gasteiger partial charge is 0.409 e. The Morgan fingerprint density at radius 1 is 1.47 bits per heavy atom. The first-order chi connectivity index (χ1) is 9.10. The van der Waals surface area contributed by atoms with Crippen molar-refractivity contribution in [3.05, 3.63) is 18.0 Å². The molecule has 2 heterocycles. The molecule has 0 aliphatic heterocycles. The van der Waals surface area contributed by atoms with Crippen LogP contribution < -0.4 is 10.6 Å². The van der Waals surface area contributed by atoms with Crippen LogP contribution in [0.4, 0.5) is 5.13 Å². The van der Waals surface area contributed by atoms with Gasteiger partial charge in [-0.3, -0.25) is 0 Å². The molecule has 8 nitrogen and oxygen atoms in total. The topological polar surface area (TPSA) is 113 Å². The lowest BCUT2D eigenvalue weighted by Crippen LogP contribution is -2.15. The van der Waals surface area contributed by atoms with Crippen LogP contribution in [0, 0.1) is 0 Å². The van der Waals surface area contributed by atoms with E-state index in [2.05, 4.69) is 25.3 Å². The Balaban J connectivity index is 2.18. The summed E-state index contributed by atoms with van der Waals surface area (Å²) in [6.45, 7) is 0. The highest BCUT2D eigenvalue weighted by Crippen LogP contribution is 2.30. The third-order valence-electron chi connectivity index (χ3n) is 1.96. The molecule has 2 aromatic rings. The van der Waals surface area contributed by atoms with Crippen LogP contribution in [0.1, 0.15) is 5.69 Å². The van der Waals surface area contributed by atoms with Crippen LogP contribution in [-0.2, 0) is 0 Å². The van der Waals surface area contributed by atoms with Crippen molar-refractivity contribution in [1.29, 1.82) is 0 Å². The van der Waals surface area contributed by atoms with Crippen LogP contribution in [0.25, 0.3) is 0 Å². The van der Waals surface area contributed by atoms with Gasteiger partial charge in [0.2, 0.25) is 5.13 Å². The molecule has 0 aromatic carbocycles. The number of amidine groups is 1. The number of nitrogens with two attached hydrogens (primary N) is 1. The quantitative estimate of drug-likeness (QED) is 0.278. The fourth-order valence-corrected chi connectivity index (χ4v) is 2.70. The summed E-state index contributed by atoms with van der Waals surface area (Å²) in [5, 5.41) is 20.8. The van der Waals surface area contributed by atoms with Crippen LogP contribution in [0.2, 0.25) is 0 Å². The molecule has 2 aromatic heterocycles. The van der Waals surface area contributed by atoms with Crippen molar-refractivity contribution < 1.29 is 5.21 Å². The van der Waals surface area contributed by atoms with Crippen LogP contribution in [0.5, 0.6) is 0 Å². The maximum Gasteiger partial charge on any atom is 0.208 e. The highest BCUT2D eigenvalue weighted by Gasteiger charge is 2.10. The molecule has 0 atom stereocenters. The second kappa shape index (κ2) is 5.80. The first-order valence-corrected chi connectivity index (χ1v) is 6.73. The molecule has 2 rings (SSSR count). The van der Waals surface area contributed by atoms with E-state index in [4.69, 9.17) is 10.9 Å². The minimum Gasteiger partial charge on any atom is -0.409 e. The van der Waals surface area contributed by atoms with Gasteiger partial charge in [-0.05, 0) is 17.8 Å². The van der Waals surface area contributed by atoms with Gasteiger partial charge in [-0.2, -0.15) is 0 Å². The summed E-state index contributed by atoms with van der Waals surface area (Å²) in [6.07, 6.45) is 1.54. The maximum atomic E-state index is 8.60. The molecular weight excluding hydrogens is 286 g/mol. The third kappa shape index (κ3) is 3.29. The zero-order valence-corrected chi connectivity index (χ0v) is 11.8. The van der Waals surface area contributed by atoms with Gasteiger partial charge in [0.25, 0.3) is 0 Å². The van der Waals surface area contributed by atoms with E-state index < -0.39 is 0 Å². The molecule has 0 amide bonds. The molecule has 0 radical (unpaired) electrons. The minimum absolute atomic E-state index is 0.0597. The van der Waals surface area contributed by atoms with E-state index in [9.17, 15) is 0 Å². The van der Waals surface area contributed by atoms with Gasteiger partial charge < -0.3 is 15.8 Å². The average Bonchev–Trinajstić information content (AvgIpc) is 2.87. The number of hydrogen-bond acceptors (Lipinski definition) is 9. The van der Waals surface area contributed by atoms with Gasteiger partial charge in [-0.15, -0.1) is 10.2 Å². The molecule has 0 fully saturated rings. The second-order valence-electron chi connectivity index (χ2n) is 3.56. The summed E-state index contributed by atoms with van der Waals surface area (Å²) in [5.74, 6) is -0.0597. The molecule has 19 heavy (non-hydrogen) atoms. The zero-order valence-electron chi connectivity index (χ0n) is 10.2. The molecule has 0 aliphatic carbocycles. The smallest absolute Gasteiger partial charge is 0.208 e. The molecule has 0 saturated heterocycles. The number of anilines is 1. The monoisotopic (exact) mass is 297 g/mol. The highest BCUT2D eigenvalue weighted by molar-refractivity contribution is 8.00. The Hall–Kier alpha value is -1.94. The Kier molecular flexibility index (Phi) is 4.12. The van der Waals surface area contributed by atoms with E-state index >= 15 is 0 Å². The Morgan fingerprint density at radius 2 is 2.26 bits per heavy atom. The molecule has 3 N–H and O–H groups in total. The molecule has 100 valence electrons. The van der Waals surface area contributed by atoms with Gasteiger partial charge in [-0.1, -0.05) is 16.5 Å². The van der Waals surface area contributed by atoms with Crippen LogP contribution in [0.3, 0.4) is 0 Å². The molecule has 0 bridgehead atoms.